The Bertz CT molecular complexity index is 290. The predicted molar refractivity (Wildman–Crippen MR) is 66.7 cm³/mol. The summed E-state index contributed by atoms with van der Waals surface area (Å²) >= 11 is 0. The molecule has 1 saturated carbocycles. The van der Waals surface area contributed by atoms with E-state index in [1.165, 1.54) is 37.7 Å². The van der Waals surface area contributed by atoms with Gasteiger partial charge in [-0.15, -0.1) is 0 Å². The molecule has 2 rings (SSSR count). The lowest BCUT2D eigenvalue weighted by Crippen LogP contribution is -2.16. The van der Waals surface area contributed by atoms with Crippen molar-refractivity contribution in [2.75, 3.05) is 0 Å². The van der Waals surface area contributed by atoms with Crippen LogP contribution in [0.2, 0.25) is 0 Å². The minimum Gasteiger partial charge on any atom is -0.0651 e. The first-order chi connectivity index (χ1) is 7.31. The number of hydrogen-bond donors (Lipinski definition) is 0. The van der Waals surface area contributed by atoms with Crippen LogP contribution in [0, 0.1) is 11.8 Å². The van der Waals surface area contributed by atoms with Crippen LogP contribution in [0.5, 0.6) is 0 Å². The molecule has 2 unspecified atom stereocenters. The zero-order valence-electron chi connectivity index (χ0n) is 10.00. The lowest BCUT2D eigenvalue weighted by atomic mass is 9.76. The first-order valence-corrected chi connectivity index (χ1v) is 6.38. The zero-order chi connectivity index (χ0) is 10.7. The summed E-state index contributed by atoms with van der Waals surface area (Å²) in [4.78, 5) is 0. The van der Waals surface area contributed by atoms with Crippen LogP contribution in [0.25, 0.3) is 0 Å². The van der Waals surface area contributed by atoms with Gasteiger partial charge in [0.2, 0.25) is 0 Å². The van der Waals surface area contributed by atoms with E-state index in [4.69, 9.17) is 0 Å². The van der Waals surface area contributed by atoms with Crippen LogP contribution in [0.4, 0.5) is 0 Å². The van der Waals surface area contributed by atoms with Crippen molar-refractivity contribution >= 4 is 0 Å². The normalized spacial score (nSPS) is 27.5. The van der Waals surface area contributed by atoms with Crippen LogP contribution in [-0.4, -0.2) is 0 Å². The zero-order valence-corrected chi connectivity index (χ0v) is 10.00. The van der Waals surface area contributed by atoms with E-state index < -0.39 is 0 Å². The minimum absolute atomic E-state index is 0.898. The molecule has 15 heavy (non-hydrogen) atoms. The summed E-state index contributed by atoms with van der Waals surface area (Å²) in [6, 6.07) is 0. The molecule has 0 amide bonds. The summed E-state index contributed by atoms with van der Waals surface area (Å²) in [5.74, 6) is 1.84. The van der Waals surface area contributed by atoms with Crippen LogP contribution in [-0.2, 0) is 0 Å². The Morgan fingerprint density at radius 2 is 2.07 bits per heavy atom. The van der Waals surface area contributed by atoms with Crippen molar-refractivity contribution in [1.82, 2.24) is 0 Å². The predicted octanol–water partition coefficient (Wildman–Crippen LogP) is 4.65. The van der Waals surface area contributed by atoms with E-state index >= 15 is 0 Å². The third-order valence-corrected chi connectivity index (χ3v) is 4.08. The van der Waals surface area contributed by atoms with Crippen LogP contribution in [0.15, 0.2) is 35.5 Å². The fourth-order valence-corrected chi connectivity index (χ4v) is 2.79. The standard InChI is InChI=1S/C15H22/c1-3-12(2)14-9-6-10-15(11-14)13-7-4-5-8-13/h4-5,7-8,12,14H,3,6,9-11H2,1-2H3. The summed E-state index contributed by atoms with van der Waals surface area (Å²) in [6.45, 7) is 4.74. The Morgan fingerprint density at radius 3 is 2.73 bits per heavy atom. The van der Waals surface area contributed by atoms with Crippen molar-refractivity contribution in [3.8, 4) is 0 Å². The van der Waals surface area contributed by atoms with Gasteiger partial charge < -0.3 is 0 Å². The summed E-state index contributed by atoms with van der Waals surface area (Å²) in [5, 5.41) is 0. The molecule has 0 spiro atoms. The minimum atomic E-state index is 0.898. The highest BCUT2D eigenvalue weighted by atomic mass is 14.3. The average molecular weight is 202 g/mol. The summed E-state index contributed by atoms with van der Waals surface area (Å²) in [6.07, 6.45) is 15.7. The molecule has 0 aromatic heterocycles. The molecule has 0 nitrogen and oxygen atoms in total. The second kappa shape index (κ2) is 4.83. The molecule has 82 valence electrons. The van der Waals surface area contributed by atoms with E-state index in [1.54, 1.807) is 5.57 Å². The highest BCUT2D eigenvalue weighted by Crippen LogP contribution is 2.36. The molecule has 0 aliphatic heterocycles. The third kappa shape index (κ3) is 2.42. The van der Waals surface area contributed by atoms with E-state index in [9.17, 15) is 0 Å². The van der Waals surface area contributed by atoms with Gasteiger partial charge in [0, 0.05) is 0 Å². The van der Waals surface area contributed by atoms with E-state index in [-0.39, 0.29) is 0 Å². The molecular formula is C15H22. The highest BCUT2D eigenvalue weighted by molar-refractivity contribution is 5.43. The quantitative estimate of drug-likeness (QED) is 0.611. The summed E-state index contributed by atoms with van der Waals surface area (Å²) < 4.78 is 0. The van der Waals surface area contributed by atoms with Crippen molar-refractivity contribution in [2.45, 2.75) is 46.0 Å². The monoisotopic (exact) mass is 202 g/mol. The van der Waals surface area contributed by atoms with Crippen molar-refractivity contribution in [3.05, 3.63) is 35.5 Å². The van der Waals surface area contributed by atoms with Gasteiger partial charge >= 0.3 is 0 Å². The highest BCUT2D eigenvalue weighted by Gasteiger charge is 2.22. The maximum atomic E-state index is 2.42. The largest absolute Gasteiger partial charge is 0.0651 e. The second-order valence-corrected chi connectivity index (χ2v) is 5.02. The third-order valence-electron chi connectivity index (χ3n) is 4.08. The molecule has 0 aromatic rings. The lowest BCUT2D eigenvalue weighted by Gasteiger charge is -2.29. The Labute approximate surface area is 93.8 Å². The van der Waals surface area contributed by atoms with Crippen molar-refractivity contribution in [2.24, 2.45) is 11.8 Å². The van der Waals surface area contributed by atoms with Gasteiger partial charge in [0.1, 0.15) is 0 Å². The van der Waals surface area contributed by atoms with Gasteiger partial charge in [-0.1, -0.05) is 50.1 Å². The summed E-state index contributed by atoms with van der Waals surface area (Å²) in [5.41, 5.74) is 3.21. The Hall–Kier alpha value is -0.780. The van der Waals surface area contributed by atoms with Crippen molar-refractivity contribution in [3.63, 3.8) is 0 Å². The smallest absolute Gasteiger partial charge is 0.0265 e. The molecular weight excluding hydrogens is 180 g/mol. The first-order valence-electron chi connectivity index (χ1n) is 6.38. The Morgan fingerprint density at radius 1 is 1.33 bits per heavy atom. The van der Waals surface area contributed by atoms with Gasteiger partial charge in [-0.2, -0.15) is 0 Å². The van der Waals surface area contributed by atoms with Crippen molar-refractivity contribution < 1.29 is 0 Å². The topological polar surface area (TPSA) is 0 Å². The molecule has 2 aliphatic rings. The number of rotatable bonds is 2. The van der Waals surface area contributed by atoms with Gasteiger partial charge in [0.25, 0.3) is 0 Å². The Kier molecular flexibility index (Phi) is 3.45. The number of allylic oxidation sites excluding steroid dienone is 6. The molecule has 0 heteroatoms. The first kappa shape index (κ1) is 10.7. The van der Waals surface area contributed by atoms with Gasteiger partial charge in [-0.25, -0.2) is 0 Å². The molecule has 0 radical (unpaired) electrons. The fourth-order valence-electron chi connectivity index (χ4n) is 2.79. The van der Waals surface area contributed by atoms with Crippen molar-refractivity contribution in [1.29, 1.82) is 0 Å². The molecule has 2 atom stereocenters. The lowest BCUT2D eigenvalue weighted by molar-refractivity contribution is 0.293. The molecule has 0 aromatic carbocycles. The average Bonchev–Trinajstić information content (AvgIpc) is 2.82. The Balaban J connectivity index is 2.07. The van der Waals surface area contributed by atoms with Crippen LogP contribution >= 0.6 is 0 Å². The van der Waals surface area contributed by atoms with Crippen LogP contribution < -0.4 is 0 Å². The van der Waals surface area contributed by atoms with Crippen LogP contribution in [0.3, 0.4) is 0 Å². The maximum Gasteiger partial charge on any atom is -0.0265 e. The molecule has 0 bridgehead atoms. The van der Waals surface area contributed by atoms with E-state index in [0.717, 1.165) is 11.8 Å². The molecule has 0 N–H and O–H groups in total. The molecule has 0 heterocycles. The summed E-state index contributed by atoms with van der Waals surface area (Å²) in [7, 11) is 0. The van der Waals surface area contributed by atoms with Gasteiger partial charge in [-0.05, 0) is 43.1 Å². The van der Waals surface area contributed by atoms with Gasteiger partial charge in [0.05, 0.1) is 0 Å². The van der Waals surface area contributed by atoms with Gasteiger partial charge in [-0.3, -0.25) is 0 Å². The van der Waals surface area contributed by atoms with Crippen LogP contribution in [0.1, 0.15) is 46.0 Å². The molecule has 0 saturated heterocycles. The fraction of sp³-hybridized carbons (Fsp3) is 0.600. The maximum absolute atomic E-state index is 2.42. The van der Waals surface area contributed by atoms with E-state index in [0.29, 0.717) is 0 Å². The SMILES string of the molecule is CCC(C)C1CCCC(=C2C=CC=C2)C1. The molecule has 2 aliphatic carbocycles. The number of hydrogen-bond acceptors (Lipinski definition) is 0. The van der Waals surface area contributed by atoms with E-state index in [1.807, 2.05) is 0 Å². The van der Waals surface area contributed by atoms with E-state index in [2.05, 4.69) is 38.2 Å². The molecule has 1 fully saturated rings. The van der Waals surface area contributed by atoms with Gasteiger partial charge in [0.15, 0.2) is 0 Å². The second-order valence-electron chi connectivity index (χ2n) is 5.02.